The zero-order valence-corrected chi connectivity index (χ0v) is 28.2. The highest BCUT2D eigenvalue weighted by atomic mass is 16.5. The molecule has 0 amide bonds. The van der Waals surface area contributed by atoms with Crippen LogP contribution in [0.2, 0.25) is 0 Å². The molecular formula is C42H50O5. The van der Waals surface area contributed by atoms with Crippen LogP contribution in [0, 0.1) is 11.8 Å². The highest BCUT2D eigenvalue weighted by Gasteiger charge is 2.23. The first kappa shape index (κ1) is 34.4. The Kier molecular flexibility index (Phi) is 11.9. The molecule has 5 heteroatoms. The van der Waals surface area contributed by atoms with Crippen LogP contribution in [0.3, 0.4) is 0 Å². The first-order valence-electron chi connectivity index (χ1n) is 17.4. The summed E-state index contributed by atoms with van der Waals surface area (Å²) in [6.07, 6.45) is 12.7. The molecular weight excluding hydrogens is 584 g/mol. The van der Waals surface area contributed by atoms with Crippen LogP contribution in [-0.4, -0.2) is 36.9 Å². The Labute approximate surface area is 280 Å². The number of ether oxygens (including phenoxy) is 2. The fraction of sp³-hybridized carbons (Fsp3) is 0.429. The second-order valence-electron chi connectivity index (χ2n) is 13.6. The molecule has 0 spiro atoms. The fourth-order valence-electron chi connectivity index (χ4n) is 7.18. The van der Waals surface area contributed by atoms with Crippen LogP contribution in [-0.2, 0) is 38.3 Å². The third-order valence-electron chi connectivity index (χ3n) is 10.1. The Balaban J connectivity index is 1.25. The van der Waals surface area contributed by atoms with Crippen molar-refractivity contribution in [3.05, 3.63) is 107 Å². The Morgan fingerprint density at radius 2 is 1.36 bits per heavy atom. The topological polar surface area (TPSA) is 72.8 Å². The smallest absolute Gasteiger partial charge is 0.335 e. The van der Waals surface area contributed by atoms with Gasteiger partial charge < -0.3 is 14.6 Å². The lowest BCUT2D eigenvalue weighted by Crippen LogP contribution is -2.21. The van der Waals surface area contributed by atoms with Gasteiger partial charge in [0, 0.05) is 5.57 Å². The number of carbonyl (C=O) groups excluding carboxylic acids is 2. The zero-order valence-electron chi connectivity index (χ0n) is 28.2. The molecule has 2 aliphatic rings. The molecule has 1 N–H and O–H groups in total. The summed E-state index contributed by atoms with van der Waals surface area (Å²) in [4.78, 5) is 24.3. The monoisotopic (exact) mass is 634 g/mol. The van der Waals surface area contributed by atoms with Gasteiger partial charge in [-0.1, -0.05) is 119 Å². The van der Waals surface area contributed by atoms with E-state index in [0.717, 1.165) is 30.2 Å². The van der Waals surface area contributed by atoms with Gasteiger partial charge in [0.2, 0.25) is 0 Å². The molecule has 5 rings (SSSR count). The number of hydrogen-bond acceptors (Lipinski definition) is 5. The maximum Gasteiger partial charge on any atom is 0.335 e. The number of aliphatic hydroxyl groups is 1. The second kappa shape index (κ2) is 16.2. The summed E-state index contributed by atoms with van der Waals surface area (Å²) in [5, 5.41) is 9.23. The van der Waals surface area contributed by atoms with Crippen molar-refractivity contribution in [3.8, 4) is 22.3 Å². The first-order valence-corrected chi connectivity index (χ1v) is 17.4. The van der Waals surface area contributed by atoms with Crippen molar-refractivity contribution in [2.24, 2.45) is 11.8 Å². The average molecular weight is 635 g/mol. The van der Waals surface area contributed by atoms with Crippen molar-refractivity contribution < 1.29 is 24.2 Å². The van der Waals surface area contributed by atoms with E-state index in [0.29, 0.717) is 5.57 Å². The molecule has 1 atom stereocenters. The molecule has 248 valence electrons. The van der Waals surface area contributed by atoms with Gasteiger partial charge in [-0.15, -0.1) is 0 Å². The van der Waals surface area contributed by atoms with Crippen molar-refractivity contribution in [1.82, 2.24) is 0 Å². The molecule has 0 radical (unpaired) electrons. The summed E-state index contributed by atoms with van der Waals surface area (Å²) in [5.41, 5.74) is 10.1. The predicted molar refractivity (Wildman–Crippen MR) is 189 cm³/mol. The quantitative estimate of drug-likeness (QED) is 0.142. The van der Waals surface area contributed by atoms with Crippen LogP contribution < -0.4 is 0 Å². The molecule has 3 aromatic carbocycles. The highest BCUT2D eigenvalue weighted by molar-refractivity contribution is 5.88. The van der Waals surface area contributed by atoms with E-state index < -0.39 is 18.5 Å². The number of benzene rings is 3. The molecule has 0 heterocycles. The number of aliphatic hydroxyl groups excluding tert-OH is 1. The van der Waals surface area contributed by atoms with Gasteiger partial charge >= 0.3 is 11.9 Å². The van der Waals surface area contributed by atoms with Crippen LogP contribution in [0.25, 0.3) is 22.3 Å². The second-order valence-corrected chi connectivity index (χ2v) is 13.6. The molecule has 1 saturated carbocycles. The minimum atomic E-state index is -0.666. The number of carbonyl (C=O) groups is 2. The number of rotatable bonds is 14. The predicted octanol–water partition coefficient (Wildman–Crippen LogP) is 8.95. The van der Waals surface area contributed by atoms with Crippen molar-refractivity contribution in [2.75, 3.05) is 19.8 Å². The number of fused-ring (bicyclic) bond motifs is 3. The van der Waals surface area contributed by atoms with Crippen molar-refractivity contribution >= 4 is 11.9 Å². The fourth-order valence-corrected chi connectivity index (χ4v) is 7.18. The van der Waals surface area contributed by atoms with Crippen molar-refractivity contribution in [3.63, 3.8) is 0 Å². The van der Waals surface area contributed by atoms with Crippen LogP contribution in [0.5, 0.6) is 0 Å². The Hall–Kier alpha value is -3.96. The van der Waals surface area contributed by atoms with E-state index >= 15 is 0 Å². The molecule has 2 aliphatic carbocycles. The van der Waals surface area contributed by atoms with Gasteiger partial charge in [0.1, 0.15) is 13.2 Å². The Morgan fingerprint density at radius 3 is 1.98 bits per heavy atom. The van der Waals surface area contributed by atoms with Gasteiger partial charge in [-0.3, -0.25) is 0 Å². The molecule has 1 fully saturated rings. The molecule has 3 aromatic rings. The maximum absolute atomic E-state index is 12.2. The van der Waals surface area contributed by atoms with Crippen molar-refractivity contribution in [2.45, 2.75) is 84.0 Å². The van der Waals surface area contributed by atoms with Gasteiger partial charge in [0.15, 0.2) is 0 Å². The van der Waals surface area contributed by atoms with Crippen molar-refractivity contribution in [1.29, 1.82) is 0 Å². The standard InChI is InChI=1S/C42H50O5/c1-5-6-30-7-9-31(10-8-30)11-12-32-13-15-33(16-14-32)34-19-21-39-36(23-34)17-18-37-24-35(20-22-40(37)39)38(26-46-41(44)28(2)3)27-47-42(45)29(4)25-43/h13-16,19-24,30-31,38,43H,2,4-12,17-18,25-27H2,1,3H3. The van der Waals surface area contributed by atoms with Crippen LogP contribution in [0.4, 0.5) is 0 Å². The largest absolute Gasteiger partial charge is 0.462 e. The number of esters is 2. The Bertz CT molecular complexity index is 1570. The van der Waals surface area contributed by atoms with Crippen LogP contribution in [0.1, 0.15) is 87.0 Å². The lowest BCUT2D eigenvalue weighted by atomic mass is 9.78. The van der Waals surface area contributed by atoms with E-state index in [1.807, 2.05) is 6.07 Å². The molecule has 5 nitrogen and oxygen atoms in total. The first-order chi connectivity index (χ1) is 22.7. The minimum absolute atomic E-state index is 0.00110. The summed E-state index contributed by atoms with van der Waals surface area (Å²) in [6.45, 7) is 10.7. The van der Waals surface area contributed by atoms with E-state index in [-0.39, 0.29) is 24.7 Å². The summed E-state index contributed by atoms with van der Waals surface area (Å²) >= 11 is 0. The molecule has 0 aliphatic heterocycles. The molecule has 47 heavy (non-hydrogen) atoms. The van der Waals surface area contributed by atoms with Gasteiger partial charge in [-0.2, -0.15) is 0 Å². The summed E-state index contributed by atoms with van der Waals surface area (Å²) < 4.78 is 10.9. The van der Waals surface area contributed by atoms with E-state index in [9.17, 15) is 14.7 Å². The van der Waals surface area contributed by atoms with E-state index in [1.54, 1.807) is 6.92 Å². The lowest BCUT2D eigenvalue weighted by Gasteiger charge is -2.28. The third kappa shape index (κ3) is 8.90. The van der Waals surface area contributed by atoms with Crippen LogP contribution >= 0.6 is 0 Å². The molecule has 1 unspecified atom stereocenters. The number of aryl methyl sites for hydroxylation is 3. The van der Waals surface area contributed by atoms with Gasteiger partial charge in [-0.25, -0.2) is 9.59 Å². The SMILES string of the molecule is C=C(C)C(=O)OCC(COC(=O)C(=C)CO)c1ccc2c(c1)CCc1cc(-c3ccc(CCC4CCC(CCC)CC4)cc3)ccc1-2. The number of hydrogen-bond donors (Lipinski definition) is 1. The summed E-state index contributed by atoms with van der Waals surface area (Å²) in [7, 11) is 0. The maximum atomic E-state index is 12.2. The van der Waals surface area contributed by atoms with Gasteiger partial charge in [-0.05, 0) is 89.0 Å². The zero-order chi connectivity index (χ0) is 33.3. The third-order valence-corrected chi connectivity index (χ3v) is 10.1. The van der Waals surface area contributed by atoms with E-state index in [2.05, 4.69) is 74.7 Å². The average Bonchev–Trinajstić information content (AvgIpc) is 3.10. The molecule has 0 aromatic heterocycles. The Morgan fingerprint density at radius 1 is 0.787 bits per heavy atom. The lowest BCUT2D eigenvalue weighted by molar-refractivity contribution is -0.142. The van der Waals surface area contributed by atoms with Gasteiger partial charge in [0.25, 0.3) is 0 Å². The normalized spacial score (nSPS) is 17.6. The van der Waals surface area contributed by atoms with Gasteiger partial charge in [0.05, 0.1) is 18.1 Å². The van der Waals surface area contributed by atoms with Crippen LogP contribution in [0.15, 0.2) is 85.0 Å². The minimum Gasteiger partial charge on any atom is -0.462 e. The summed E-state index contributed by atoms with van der Waals surface area (Å²) in [6, 6.07) is 22.3. The van der Waals surface area contributed by atoms with E-state index in [1.165, 1.54) is 90.3 Å². The van der Waals surface area contributed by atoms with E-state index in [4.69, 9.17) is 9.47 Å². The summed E-state index contributed by atoms with van der Waals surface area (Å²) in [5.74, 6) is 0.339. The molecule has 0 saturated heterocycles. The molecule has 0 bridgehead atoms. The highest BCUT2D eigenvalue weighted by Crippen LogP contribution is 2.38.